The molecular formula is C14H18Cl2N2O2. The van der Waals surface area contributed by atoms with Gasteiger partial charge in [-0.25, -0.2) is 0 Å². The highest BCUT2D eigenvalue weighted by Gasteiger charge is 2.27. The second-order valence-electron chi connectivity index (χ2n) is 4.78. The minimum absolute atomic E-state index is 0.0396. The maximum Gasteiger partial charge on any atom is 0.239 e. The van der Waals surface area contributed by atoms with Crippen LogP contribution in [-0.2, 0) is 16.0 Å². The van der Waals surface area contributed by atoms with Crippen LogP contribution in [0.2, 0.25) is 10.0 Å². The van der Waals surface area contributed by atoms with E-state index in [1.807, 2.05) is 13.0 Å². The minimum atomic E-state index is -0.288. The lowest BCUT2D eigenvalue weighted by Gasteiger charge is -2.29. The van der Waals surface area contributed by atoms with Gasteiger partial charge in [-0.2, -0.15) is 0 Å². The molecule has 2 atom stereocenters. The normalized spacial score (nSPS) is 22.6. The van der Waals surface area contributed by atoms with Gasteiger partial charge in [-0.1, -0.05) is 29.3 Å². The van der Waals surface area contributed by atoms with Crippen molar-refractivity contribution >= 4 is 29.1 Å². The van der Waals surface area contributed by atoms with Crippen molar-refractivity contribution in [3.05, 3.63) is 33.8 Å². The molecule has 1 fully saturated rings. The highest BCUT2D eigenvalue weighted by atomic mass is 35.5. The topological polar surface area (TPSA) is 50.4 Å². The fourth-order valence-corrected chi connectivity index (χ4v) is 2.69. The Bertz CT molecular complexity index is 482. The Morgan fingerprint density at radius 3 is 3.00 bits per heavy atom. The Kier molecular flexibility index (Phi) is 5.66. The summed E-state index contributed by atoms with van der Waals surface area (Å²) in [6.07, 6.45) is 0.562. The van der Waals surface area contributed by atoms with E-state index in [1.165, 1.54) is 0 Å². The molecule has 6 heteroatoms. The van der Waals surface area contributed by atoms with Gasteiger partial charge in [0.25, 0.3) is 0 Å². The Morgan fingerprint density at radius 1 is 1.50 bits per heavy atom. The highest BCUT2D eigenvalue weighted by Crippen LogP contribution is 2.21. The molecule has 110 valence electrons. The molecule has 1 saturated heterocycles. The molecule has 2 N–H and O–H groups in total. The first-order chi connectivity index (χ1) is 9.58. The number of hydrogen-bond acceptors (Lipinski definition) is 3. The summed E-state index contributed by atoms with van der Waals surface area (Å²) in [5, 5.41) is 7.29. The van der Waals surface area contributed by atoms with Crippen molar-refractivity contribution in [3.63, 3.8) is 0 Å². The standard InChI is InChI=1S/C14H18Cl2N2O2/c1-9-13(17-6-7-20-9)14(19)18-5-4-10-2-3-11(15)8-12(10)16/h2-3,8-9,13,17H,4-7H2,1H3,(H,18,19)/t9-,13+/m1/s1. The van der Waals surface area contributed by atoms with Gasteiger partial charge in [0.1, 0.15) is 6.04 Å². The number of benzene rings is 1. The number of hydrogen-bond donors (Lipinski definition) is 2. The van der Waals surface area contributed by atoms with Crippen LogP contribution in [0.4, 0.5) is 0 Å². The third-order valence-corrected chi connectivity index (χ3v) is 3.89. The minimum Gasteiger partial charge on any atom is -0.375 e. The van der Waals surface area contributed by atoms with Gasteiger partial charge in [-0.15, -0.1) is 0 Å². The molecule has 1 aromatic rings. The molecule has 0 spiro atoms. The van der Waals surface area contributed by atoms with Crippen molar-refractivity contribution < 1.29 is 9.53 Å². The zero-order valence-corrected chi connectivity index (χ0v) is 12.8. The van der Waals surface area contributed by atoms with E-state index in [0.29, 0.717) is 36.2 Å². The molecule has 0 bridgehead atoms. The lowest BCUT2D eigenvalue weighted by molar-refractivity contribution is -0.128. The maximum atomic E-state index is 12.0. The smallest absolute Gasteiger partial charge is 0.239 e. The molecule has 1 heterocycles. The van der Waals surface area contributed by atoms with Gasteiger partial charge in [0, 0.05) is 23.1 Å². The molecule has 0 saturated carbocycles. The number of ether oxygens (including phenoxy) is 1. The van der Waals surface area contributed by atoms with E-state index in [4.69, 9.17) is 27.9 Å². The predicted molar refractivity (Wildman–Crippen MR) is 80.4 cm³/mol. The van der Waals surface area contributed by atoms with Crippen LogP contribution in [-0.4, -0.2) is 37.7 Å². The third-order valence-electron chi connectivity index (χ3n) is 3.31. The van der Waals surface area contributed by atoms with Crippen molar-refractivity contribution in [1.82, 2.24) is 10.6 Å². The molecular weight excluding hydrogens is 299 g/mol. The monoisotopic (exact) mass is 316 g/mol. The van der Waals surface area contributed by atoms with Crippen LogP contribution >= 0.6 is 23.2 Å². The first-order valence-electron chi connectivity index (χ1n) is 6.64. The number of nitrogens with one attached hydrogen (secondary N) is 2. The zero-order chi connectivity index (χ0) is 14.5. The largest absolute Gasteiger partial charge is 0.375 e. The van der Waals surface area contributed by atoms with E-state index >= 15 is 0 Å². The molecule has 1 aliphatic heterocycles. The lowest BCUT2D eigenvalue weighted by Crippen LogP contribution is -2.55. The molecule has 1 aromatic carbocycles. The van der Waals surface area contributed by atoms with Gasteiger partial charge >= 0.3 is 0 Å². The molecule has 1 aliphatic rings. The van der Waals surface area contributed by atoms with Gasteiger partial charge < -0.3 is 15.4 Å². The average molecular weight is 317 g/mol. The fourth-order valence-electron chi connectivity index (χ4n) is 2.18. The quantitative estimate of drug-likeness (QED) is 0.893. The van der Waals surface area contributed by atoms with E-state index in [9.17, 15) is 4.79 Å². The molecule has 0 unspecified atom stereocenters. The van der Waals surface area contributed by atoms with Crippen LogP contribution in [0.1, 0.15) is 12.5 Å². The van der Waals surface area contributed by atoms with Crippen LogP contribution in [0.15, 0.2) is 18.2 Å². The van der Waals surface area contributed by atoms with E-state index in [1.54, 1.807) is 12.1 Å². The molecule has 2 rings (SSSR count). The van der Waals surface area contributed by atoms with Crippen LogP contribution in [0.5, 0.6) is 0 Å². The van der Waals surface area contributed by atoms with Gasteiger partial charge in [-0.05, 0) is 31.0 Å². The van der Waals surface area contributed by atoms with Gasteiger partial charge in [0.15, 0.2) is 0 Å². The molecule has 0 radical (unpaired) electrons. The Labute approximate surface area is 128 Å². The summed E-state index contributed by atoms with van der Waals surface area (Å²) in [7, 11) is 0. The molecule has 4 nitrogen and oxygen atoms in total. The summed E-state index contributed by atoms with van der Waals surface area (Å²) in [5.74, 6) is -0.0396. The summed E-state index contributed by atoms with van der Waals surface area (Å²) in [5.41, 5.74) is 0.970. The third kappa shape index (κ3) is 4.09. The Morgan fingerprint density at radius 2 is 2.30 bits per heavy atom. The number of morpholine rings is 1. The number of carbonyl (C=O) groups excluding carboxylic acids is 1. The van der Waals surface area contributed by atoms with E-state index in [2.05, 4.69) is 10.6 Å². The Hall–Kier alpha value is -0.810. The summed E-state index contributed by atoms with van der Waals surface area (Å²) in [6, 6.07) is 5.09. The van der Waals surface area contributed by atoms with Crippen molar-refractivity contribution in [3.8, 4) is 0 Å². The van der Waals surface area contributed by atoms with Crippen molar-refractivity contribution in [2.45, 2.75) is 25.5 Å². The fraction of sp³-hybridized carbons (Fsp3) is 0.500. The summed E-state index contributed by atoms with van der Waals surface area (Å²) >= 11 is 11.9. The lowest BCUT2D eigenvalue weighted by atomic mass is 10.1. The molecule has 0 aromatic heterocycles. The summed E-state index contributed by atoms with van der Waals surface area (Å²) < 4.78 is 5.45. The van der Waals surface area contributed by atoms with Gasteiger partial charge in [-0.3, -0.25) is 4.79 Å². The first-order valence-corrected chi connectivity index (χ1v) is 7.40. The van der Waals surface area contributed by atoms with Gasteiger partial charge in [0.2, 0.25) is 5.91 Å². The summed E-state index contributed by atoms with van der Waals surface area (Å²) in [6.45, 7) is 3.77. The van der Waals surface area contributed by atoms with E-state index < -0.39 is 0 Å². The van der Waals surface area contributed by atoms with Crippen molar-refractivity contribution in [2.24, 2.45) is 0 Å². The van der Waals surface area contributed by atoms with Crippen LogP contribution in [0.25, 0.3) is 0 Å². The number of halogens is 2. The van der Waals surface area contributed by atoms with Crippen LogP contribution < -0.4 is 10.6 Å². The summed E-state index contributed by atoms with van der Waals surface area (Å²) in [4.78, 5) is 12.0. The second kappa shape index (κ2) is 7.27. The van der Waals surface area contributed by atoms with Crippen LogP contribution in [0, 0.1) is 0 Å². The predicted octanol–water partition coefficient (Wildman–Crippen LogP) is 2.03. The van der Waals surface area contributed by atoms with E-state index in [-0.39, 0.29) is 18.1 Å². The number of carbonyl (C=O) groups is 1. The van der Waals surface area contributed by atoms with Gasteiger partial charge in [0.05, 0.1) is 12.7 Å². The molecule has 20 heavy (non-hydrogen) atoms. The van der Waals surface area contributed by atoms with Crippen molar-refractivity contribution in [2.75, 3.05) is 19.7 Å². The molecule has 1 amide bonds. The number of amides is 1. The average Bonchev–Trinajstić information content (AvgIpc) is 2.41. The molecule has 0 aliphatic carbocycles. The Balaban J connectivity index is 1.81. The zero-order valence-electron chi connectivity index (χ0n) is 11.3. The first kappa shape index (κ1) is 15.6. The second-order valence-corrected chi connectivity index (χ2v) is 5.63. The maximum absolute atomic E-state index is 12.0. The van der Waals surface area contributed by atoms with Crippen LogP contribution in [0.3, 0.4) is 0 Å². The number of rotatable bonds is 4. The van der Waals surface area contributed by atoms with Crippen molar-refractivity contribution in [1.29, 1.82) is 0 Å². The highest BCUT2D eigenvalue weighted by molar-refractivity contribution is 6.35. The SMILES string of the molecule is C[C@H]1OCCN[C@@H]1C(=O)NCCc1ccc(Cl)cc1Cl. The van der Waals surface area contributed by atoms with E-state index in [0.717, 1.165) is 5.56 Å².